The highest BCUT2D eigenvalue weighted by Crippen LogP contribution is 2.19. The fraction of sp³-hybridized carbons (Fsp3) is 0.945. The summed E-state index contributed by atoms with van der Waals surface area (Å²) in [6, 6.07) is -0.544. The number of hydrogen-bond acceptors (Lipinski definition) is 5. The number of rotatable bonds is 69. The van der Waals surface area contributed by atoms with Crippen molar-refractivity contribution in [2.75, 3.05) is 13.2 Å². The lowest BCUT2D eigenvalue weighted by Crippen LogP contribution is -2.45. The summed E-state index contributed by atoms with van der Waals surface area (Å²) in [6.07, 6.45) is 85.6. The van der Waals surface area contributed by atoms with Gasteiger partial charge in [-0.2, -0.15) is 0 Å². The molecule has 0 bridgehead atoms. The number of aliphatic hydroxyl groups is 2. The van der Waals surface area contributed by atoms with Gasteiger partial charge in [0.25, 0.3) is 0 Å². The highest BCUT2D eigenvalue weighted by atomic mass is 16.5. The number of hydrogen-bond donors (Lipinski definition) is 3. The molecule has 1 amide bonds. The van der Waals surface area contributed by atoms with E-state index < -0.39 is 12.1 Å². The third-order valence-corrected chi connectivity index (χ3v) is 17.3. The minimum atomic E-state index is -0.666. The highest BCUT2D eigenvalue weighted by Gasteiger charge is 2.20. The molecule has 0 aromatic carbocycles. The van der Waals surface area contributed by atoms with Crippen molar-refractivity contribution in [1.29, 1.82) is 0 Å². The normalized spacial score (nSPS) is 12.5. The van der Waals surface area contributed by atoms with Crippen LogP contribution in [0, 0.1) is 0 Å². The van der Waals surface area contributed by atoms with Gasteiger partial charge >= 0.3 is 5.97 Å². The number of esters is 1. The van der Waals surface area contributed by atoms with Gasteiger partial charge in [0.05, 0.1) is 25.4 Å². The first-order valence-corrected chi connectivity index (χ1v) is 36.4. The molecule has 0 aromatic heterocycles. The smallest absolute Gasteiger partial charge is 0.305 e. The quantitative estimate of drug-likeness (QED) is 0.0320. The molecule has 3 N–H and O–H groups in total. The van der Waals surface area contributed by atoms with E-state index in [9.17, 15) is 19.8 Å². The molecule has 470 valence electrons. The number of allylic oxidation sites excluding steroid dienone is 2. The predicted molar refractivity (Wildman–Crippen MR) is 347 cm³/mol. The second kappa shape index (κ2) is 69.1. The molecule has 0 aliphatic carbocycles. The summed E-state index contributed by atoms with van der Waals surface area (Å²) >= 11 is 0. The predicted octanol–water partition coefficient (Wildman–Crippen LogP) is 23.5. The van der Waals surface area contributed by atoms with E-state index in [0.717, 1.165) is 38.5 Å². The zero-order chi connectivity index (χ0) is 57.1. The second-order valence-electron chi connectivity index (χ2n) is 25.3. The molecular weight excluding hydrogens is 971 g/mol. The Kier molecular flexibility index (Phi) is 67.9. The van der Waals surface area contributed by atoms with E-state index in [1.807, 2.05) is 0 Å². The molecule has 6 nitrogen and oxygen atoms in total. The van der Waals surface area contributed by atoms with Gasteiger partial charge in [-0.3, -0.25) is 9.59 Å². The molecule has 0 rings (SSSR count). The first kappa shape index (κ1) is 77.6. The Balaban J connectivity index is 3.39. The van der Waals surface area contributed by atoms with Crippen LogP contribution in [0.2, 0.25) is 0 Å². The van der Waals surface area contributed by atoms with Crippen LogP contribution in [0.25, 0.3) is 0 Å². The molecule has 0 aliphatic rings. The number of unbranched alkanes of at least 4 members (excludes halogenated alkanes) is 56. The Hall–Kier alpha value is -1.40. The summed E-state index contributed by atoms with van der Waals surface area (Å²) < 4.78 is 5.47. The third kappa shape index (κ3) is 65.6. The van der Waals surface area contributed by atoms with Crippen LogP contribution in [0.5, 0.6) is 0 Å². The van der Waals surface area contributed by atoms with Gasteiger partial charge in [0.15, 0.2) is 0 Å². The summed E-state index contributed by atoms with van der Waals surface area (Å²) in [5.74, 6) is -0.0160. The fourth-order valence-electron chi connectivity index (χ4n) is 11.8. The Morgan fingerprint density at radius 2 is 0.595 bits per heavy atom. The maximum atomic E-state index is 12.6. The number of carbonyl (C=O) groups excluding carboxylic acids is 2. The van der Waals surface area contributed by atoms with Crippen LogP contribution in [-0.4, -0.2) is 47.4 Å². The molecule has 79 heavy (non-hydrogen) atoms. The standard InChI is InChI=1S/C73H143NO5/c1-3-5-7-9-11-13-15-16-17-18-19-20-21-24-27-30-33-36-39-42-46-49-53-57-61-65-71(76)70(69-75)74-72(77)66-62-58-54-50-47-43-40-37-34-31-28-25-22-23-26-29-32-35-38-41-44-48-52-56-60-64-68-79-73(78)67-63-59-55-51-45-14-12-10-8-6-4-2/h22,25,70-71,75-76H,3-21,23-24,26-69H2,1-2H3,(H,74,77)/b25-22-. The van der Waals surface area contributed by atoms with Crippen molar-refractivity contribution in [3.63, 3.8) is 0 Å². The van der Waals surface area contributed by atoms with Crippen LogP contribution in [-0.2, 0) is 14.3 Å². The lowest BCUT2D eigenvalue weighted by molar-refractivity contribution is -0.143. The van der Waals surface area contributed by atoms with E-state index in [0.29, 0.717) is 25.9 Å². The van der Waals surface area contributed by atoms with Gasteiger partial charge in [0, 0.05) is 12.8 Å². The largest absolute Gasteiger partial charge is 0.466 e. The van der Waals surface area contributed by atoms with Crippen LogP contribution in [0.3, 0.4) is 0 Å². The minimum absolute atomic E-state index is 0.0152. The van der Waals surface area contributed by atoms with Crippen LogP contribution < -0.4 is 5.32 Å². The van der Waals surface area contributed by atoms with Gasteiger partial charge in [-0.1, -0.05) is 366 Å². The first-order chi connectivity index (χ1) is 39.0. The topological polar surface area (TPSA) is 95.9 Å². The van der Waals surface area contributed by atoms with Crippen molar-refractivity contribution in [2.24, 2.45) is 0 Å². The summed E-state index contributed by atoms with van der Waals surface area (Å²) in [7, 11) is 0. The minimum Gasteiger partial charge on any atom is -0.466 e. The van der Waals surface area contributed by atoms with Crippen LogP contribution in [0.1, 0.15) is 418 Å². The molecule has 0 aromatic rings. The van der Waals surface area contributed by atoms with E-state index in [1.54, 1.807) is 0 Å². The summed E-state index contributed by atoms with van der Waals surface area (Å²) in [6.45, 7) is 4.99. The Morgan fingerprint density at radius 1 is 0.342 bits per heavy atom. The third-order valence-electron chi connectivity index (χ3n) is 17.3. The van der Waals surface area contributed by atoms with Gasteiger partial charge < -0.3 is 20.3 Å². The van der Waals surface area contributed by atoms with Crippen molar-refractivity contribution in [1.82, 2.24) is 5.32 Å². The van der Waals surface area contributed by atoms with Gasteiger partial charge in [-0.05, 0) is 51.4 Å². The lowest BCUT2D eigenvalue weighted by Gasteiger charge is -2.22. The SMILES string of the molecule is CCCCCCCCCCCCCCCCCCCCCCCCCCCC(O)C(CO)NC(=O)CCCCCCCCCCCC/C=C\CCCCCCCCCCCCCCOC(=O)CCCCCCCCCCCCC. The summed E-state index contributed by atoms with van der Waals surface area (Å²) in [5.41, 5.74) is 0. The van der Waals surface area contributed by atoms with Gasteiger partial charge in [-0.15, -0.1) is 0 Å². The molecule has 0 saturated carbocycles. The van der Waals surface area contributed by atoms with E-state index in [1.165, 1.54) is 347 Å². The summed E-state index contributed by atoms with van der Waals surface area (Å²) in [4.78, 5) is 24.6. The van der Waals surface area contributed by atoms with E-state index >= 15 is 0 Å². The zero-order valence-corrected chi connectivity index (χ0v) is 53.9. The van der Waals surface area contributed by atoms with Crippen LogP contribution in [0.15, 0.2) is 12.2 Å². The molecule has 6 heteroatoms. The molecule has 0 radical (unpaired) electrons. The van der Waals surface area contributed by atoms with E-state index in [-0.39, 0.29) is 18.5 Å². The molecule has 0 fully saturated rings. The molecule has 0 spiro atoms. The van der Waals surface area contributed by atoms with Crippen molar-refractivity contribution >= 4 is 11.9 Å². The van der Waals surface area contributed by atoms with Crippen molar-refractivity contribution in [3.05, 3.63) is 12.2 Å². The number of nitrogens with one attached hydrogen (secondary N) is 1. The average Bonchev–Trinajstić information content (AvgIpc) is 3.45. The fourth-order valence-corrected chi connectivity index (χ4v) is 11.8. The number of aliphatic hydroxyl groups excluding tert-OH is 2. The van der Waals surface area contributed by atoms with Gasteiger partial charge in [0.2, 0.25) is 5.91 Å². The Morgan fingerprint density at radius 3 is 0.899 bits per heavy atom. The number of ether oxygens (including phenoxy) is 1. The van der Waals surface area contributed by atoms with Crippen molar-refractivity contribution in [3.8, 4) is 0 Å². The average molecular weight is 1110 g/mol. The monoisotopic (exact) mass is 1110 g/mol. The molecule has 0 heterocycles. The molecule has 2 atom stereocenters. The first-order valence-electron chi connectivity index (χ1n) is 36.4. The second-order valence-corrected chi connectivity index (χ2v) is 25.3. The molecule has 0 saturated heterocycles. The molecule has 0 aliphatic heterocycles. The molecular formula is C73H143NO5. The van der Waals surface area contributed by atoms with Crippen LogP contribution >= 0.6 is 0 Å². The maximum Gasteiger partial charge on any atom is 0.305 e. The lowest BCUT2D eigenvalue weighted by atomic mass is 10.0. The Labute approximate surface area is 495 Å². The zero-order valence-electron chi connectivity index (χ0n) is 53.9. The van der Waals surface area contributed by atoms with E-state index in [4.69, 9.17) is 4.74 Å². The van der Waals surface area contributed by atoms with Gasteiger partial charge in [-0.25, -0.2) is 0 Å². The van der Waals surface area contributed by atoms with Crippen LogP contribution in [0.4, 0.5) is 0 Å². The Bertz CT molecular complexity index is 1190. The van der Waals surface area contributed by atoms with Crippen molar-refractivity contribution < 1.29 is 24.5 Å². The van der Waals surface area contributed by atoms with Gasteiger partial charge in [0.1, 0.15) is 0 Å². The molecule has 2 unspecified atom stereocenters. The van der Waals surface area contributed by atoms with Crippen molar-refractivity contribution in [2.45, 2.75) is 431 Å². The number of carbonyl (C=O) groups is 2. The highest BCUT2D eigenvalue weighted by molar-refractivity contribution is 5.76. The van der Waals surface area contributed by atoms with E-state index in [2.05, 4.69) is 31.3 Å². The number of amides is 1. The maximum absolute atomic E-state index is 12.6. The summed E-state index contributed by atoms with van der Waals surface area (Å²) in [5, 5.41) is 23.5.